The minimum absolute atomic E-state index is 0.00528. The van der Waals surface area contributed by atoms with Crippen LogP contribution in [0, 0.1) is 5.92 Å². The number of benzene rings is 1. The molecule has 0 aliphatic carbocycles. The Morgan fingerprint density at radius 3 is 2.53 bits per heavy atom. The molecule has 0 fully saturated rings. The number of carboxylic acids is 1. The number of carboxylic acid groups (broad SMARTS) is 1. The largest absolute Gasteiger partial charge is 0.478 e. The highest BCUT2D eigenvalue weighted by atomic mass is 35.5. The zero-order valence-electron chi connectivity index (χ0n) is 9.77. The van der Waals surface area contributed by atoms with Crippen molar-refractivity contribution in [1.29, 1.82) is 0 Å². The first-order valence-corrected chi connectivity index (χ1v) is 5.73. The lowest BCUT2D eigenvalue weighted by Crippen LogP contribution is -2.29. The van der Waals surface area contributed by atoms with Crippen molar-refractivity contribution in [2.45, 2.75) is 19.9 Å². The van der Waals surface area contributed by atoms with Crippen LogP contribution in [0.4, 0.5) is 5.69 Å². The van der Waals surface area contributed by atoms with Gasteiger partial charge in [0.25, 0.3) is 0 Å². The molecule has 0 amide bonds. The smallest absolute Gasteiger partial charge is 0.335 e. The van der Waals surface area contributed by atoms with Crippen molar-refractivity contribution < 1.29 is 15.0 Å². The van der Waals surface area contributed by atoms with E-state index in [-0.39, 0.29) is 24.1 Å². The van der Waals surface area contributed by atoms with Gasteiger partial charge < -0.3 is 15.5 Å². The molecule has 0 aliphatic rings. The molecule has 1 atom stereocenters. The third-order valence-corrected chi connectivity index (χ3v) is 2.87. The standard InChI is InChI=1S/C12H16ClNO3/c1-7(2)11(6-15)14-10-4-3-8(12(16)17)5-9(10)13/h3-5,7,11,14-15H,6H2,1-2H3,(H,16,17). The van der Waals surface area contributed by atoms with Crippen molar-refractivity contribution in [1.82, 2.24) is 0 Å². The Bertz CT molecular complexity index is 407. The summed E-state index contributed by atoms with van der Waals surface area (Å²) in [4.78, 5) is 10.7. The van der Waals surface area contributed by atoms with Crippen LogP contribution in [0.25, 0.3) is 0 Å². The first-order chi connectivity index (χ1) is 7.95. The summed E-state index contributed by atoms with van der Waals surface area (Å²) >= 11 is 5.97. The highest BCUT2D eigenvalue weighted by Gasteiger charge is 2.14. The van der Waals surface area contributed by atoms with E-state index in [1.54, 1.807) is 6.07 Å². The van der Waals surface area contributed by atoms with Gasteiger partial charge in [-0.3, -0.25) is 0 Å². The van der Waals surface area contributed by atoms with Gasteiger partial charge in [-0.25, -0.2) is 4.79 Å². The maximum absolute atomic E-state index is 10.7. The van der Waals surface area contributed by atoms with Crippen LogP contribution in [0.15, 0.2) is 18.2 Å². The minimum atomic E-state index is -1.01. The number of anilines is 1. The molecule has 0 spiro atoms. The fourth-order valence-electron chi connectivity index (χ4n) is 1.39. The fourth-order valence-corrected chi connectivity index (χ4v) is 1.62. The molecule has 1 aromatic carbocycles. The summed E-state index contributed by atoms with van der Waals surface area (Å²) in [7, 11) is 0. The topological polar surface area (TPSA) is 69.6 Å². The van der Waals surface area contributed by atoms with Gasteiger partial charge in [-0.05, 0) is 24.1 Å². The van der Waals surface area contributed by atoms with E-state index in [1.165, 1.54) is 12.1 Å². The van der Waals surface area contributed by atoms with E-state index in [1.807, 2.05) is 13.8 Å². The van der Waals surface area contributed by atoms with E-state index in [4.69, 9.17) is 16.7 Å². The Kier molecular flexibility index (Phi) is 4.78. The minimum Gasteiger partial charge on any atom is -0.478 e. The van der Waals surface area contributed by atoms with Crippen LogP contribution in [0.2, 0.25) is 5.02 Å². The molecule has 0 radical (unpaired) electrons. The van der Waals surface area contributed by atoms with Gasteiger partial charge in [0.1, 0.15) is 0 Å². The highest BCUT2D eigenvalue weighted by molar-refractivity contribution is 6.33. The number of carbonyl (C=O) groups is 1. The van der Waals surface area contributed by atoms with E-state index in [0.29, 0.717) is 10.7 Å². The zero-order chi connectivity index (χ0) is 13.0. The van der Waals surface area contributed by atoms with Gasteiger partial charge in [0, 0.05) is 0 Å². The third-order valence-electron chi connectivity index (χ3n) is 2.56. The predicted molar refractivity (Wildman–Crippen MR) is 67.7 cm³/mol. The molecular weight excluding hydrogens is 242 g/mol. The van der Waals surface area contributed by atoms with Crippen LogP contribution in [-0.4, -0.2) is 28.8 Å². The van der Waals surface area contributed by atoms with Gasteiger partial charge in [0.15, 0.2) is 0 Å². The Morgan fingerprint density at radius 2 is 2.12 bits per heavy atom. The molecule has 1 aromatic rings. The average Bonchev–Trinajstić information content (AvgIpc) is 2.26. The lowest BCUT2D eigenvalue weighted by molar-refractivity contribution is 0.0697. The number of aliphatic hydroxyl groups is 1. The molecule has 4 nitrogen and oxygen atoms in total. The summed E-state index contributed by atoms with van der Waals surface area (Å²) < 4.78 is 0. The first-order valence-electron chi connectivity index (χ1n) is 5.36. The SMILES string of the molecule is CC(C)C(CO)Nc1ccc(C(=O)O)cc1Cl. The molecule has 94 valence electrons. The fraction of sp³-hybridized carbons (Fsp3) is 0.417. The molecule has 5 heteroatoms. The Balaban J connectivity index is 2.89. The number of hydrogen-bond donors (Lipinski definition) is 3. The van der Waals surface area contributed by atoms with Gasteiger partial charge in [-0.1, -0.05) is 25.4 Å². The van der Waals surface area contributed by atoms with Crippen molar-refractivity contribution in [3.63, 3.8) is 0 Å². The van der Waals surface area contributed by atoms with Crippen molar-refractivity contribution in [3.05, 3.63) is 28.8 Å². The molecule has 0 aliphatic heterocycles. The Labute approximate surface area is 105 Å². The van der Waals surface area contributed by atoms with Crippen molar-refractivity contribution >= 4 is 23.3 Å². The van der Waals surface area contributed by atoms with Gasteiger partial charge in [-0.2, -0.15) is 0 Å². The summed E-state index contributed by atoms with van der Waals surface area (Å²) in [6.45, 7) is 3.95. The van der Waals surface area contributed by atoms with Crippen LogP contribution in [-0.2, 0) is 0 Å². The zero-order valence-corrected chi connectivity index (χ0v) is 10.5. The molecular formula is C12H16ClNO3. The maximum atomic E-state index is 10.7. The van der Waals surface area contributed by atoms with Crippen LogP contribution >= 0.6 is 11.6 Å². The lowest BCUT2D eigenvalue weighted by Gasteiger charge is -2.21. The number of hydrogen-bond acceptors (Lipinski definition) is 3. The number of aliphatic hydroxyl groups excluding tert-OH is 1. The van der Waals surface area contributed by atoms with E-state index >= 15 is 0 Å². The second-order valence-corrected chi connectivity index (χ2v) is 4.58. The van der Waals surface area contributed by atoms with Crippen LogP contribution in [0.3, 0.4) is 0 Å². The Morgan fingerprint density at radius 1 is 1.47 bits per heavy atom. The molecule has 1 rings (SSSR count). The number of aromatic carboxylic acids is 1. The monoisotopic (exact) mass is 257 g/mol. The molecule has 0 aromatic heterocycles. The van der Waals surface area contributed by atoms with E-state index in [9.17, 15) is 9.90 Å². The predicted octanol–water partition coefficient (Wildman–Crippen LogP) is 2.47. The van der Waals surface area contributed by atoms with Crippen LogP contribution in [0.5, 0.6) is 0 Å². The summed E-state index contributed by atoms with van der Waals surface area (Å²) in [5, 5.41) is 21.4. The molecule has 3 N–H and O–H groups in total. The second-order valence-electron chi connectivity index (χ2n) is 4.18. The molecule has 0 bridgehead atoms. The third kappa shape index (κ3) is 3.61. The normalized spacial score (nSPS) is 12.5. The van der Waals surface area contributed by atoms with Gasteiger partial charge in [-0.15, -0.1) is 0 Å². The summed E-state index contributed by atoms with van der Waals surface area (Å²) in [5.74, 6) is -0.767. The molecule has 1 unspecified atom stereocenters. The van der Waals surface area contributed by atoms with E-state index in [2.05, 4.69) is 5.32 Å². The number of nitrogens with one attached hydrogen (secondary N) is 1. The Hall–Kier alpha value is -1.26. The lowest BCUT2D eigenvalue weighted by atomic mass is 10.0. The van der Waals surface area contributed by atoms with Crippen molar-refractivity contribution in [2.24, 2.45) is 5.92 Å². The van der Waals surface area contributed by atoms with E-state index < -0.39 is 5.97 Å². The maximum Gasteiger partial charge on any atom is 0.335 e. The van der Waals surface area contributed by atoms with Crippen molar-refractivity contribution in [2.75, 3.05) is 11.9 Å². The van der Waals surface area contributed by atoms with Gasteiger partial charge >= 0.3 is 5.97 Å². The van der Waals surface area contributed by atoms with Crippen LogP contribution in [0.1, 0.15) is 24.2 Å². The van der Waals surface area contributed by atoms with Crippen molar-refractivity contribution in [3.8, 4) is 0 Å². The van der Waals surface area contributed by atoms with Gasteiger partial charge in [0.2, 0.25) is 0 Å². The molecule has 17 heavy (non-hydrogen) atoms. The summed E-state index contributed by atoms with van der Waals surface area (Å²) in [5.41, 5.74) is 0.773. The summed E-state index contributed by atoms with van der Waals surface area (Å²) in [6.07, 6.45) is 0. The van der Waals surface area contributed by atoms with E-state index in [0.717, 1.165) is 0 Å². The molecule has 0 saturated heterocycles. The summed E-state index contributed by atoms with van der Waals surface area (Å²) in [6, 6.07) is 4.37. The first kappa shape index (κ1) is 13.8. The highest BCUT2D eigenvalue weighted by Crippen LogP contribution is 2.24. The van der Waals surface area contributed by atoms with Gasteiger partial charge in [0.05, 0.1) is 28.9 Å². The number of rotatable bonds is 5. The quantitative estimate of drug-likeness (QED) is 0.758. The molecule has 0 heterocycles. The average molecular weight is 258 g/mol. The van der Waals surface area contributed by atoms with Crippen LogP contribution < -0.4 is 5.32 Å². The second kappa shape index (κ2) is 5.89. The molecule has 0 saturated carbocycles. The number of halogens is 1.